The van der Waals surface area contributed by atoms with Gasteiger partial charge in [-0.05, 0) is 231 Å². The highest BCUT2D eigenvalue weighted by atomic mass is 15.2. The Morgan fingerprint density at radius 2 is 0.496 bits per heavy atom. The summed E-state index contributed by atoms with van der Waals surface area (Å²) in [6.45, 7) is -0.0269. The Labute approximate surface area is 682 Å². The fraction of sp³-hybridized carbons (Fsp3) is 0. The summed E-state index contributed by atoms with van der Waals surface area (Å²) in [5.74, 6) is 0. The van der Waals surface area contributed by atoms with Crippen LogP contribution in [0.4, 0.5) is 102 Å². The van der Waals surface area contributed by atoms with E-state index in [4.69, 9.17) is 0 Å². The summed E-state index contributed by atoms with van der Waals surface area (Å²) in [5, 5.41) is 2.50. The van der Waals surface area contributed by atoms with E-state index in [1.54, 1.807) is 0 Å². The molecule has 0 fully saturated rings. The van der Waals surface area contributed by atoms with E-state index >= 15 is 0 Å². The van der Waals surface area contributed by atoms with Gasteiger partial charge in [0.05, 0.1) is 11.0 Å². The second kappa shape index (κ2) is 29.0. The van der Waals surface area contributed by atoms with Crippen molar-refractivity contribution in [2.24, 2.45) is 0 Å². The molecule has 23 rings (SSSR count). The molecule has 0 saturated carbocycles. The van der Waals surface area contributed by atoms with Crippen LogP contribution >= 0.6 is 0 Å². The lowest BCUT2D eigenvalue weighted by molar-refractivity contribution is 1.18. The Morgan fingerprint density at radius 1 is 0.171 bits per heavy atom. The Balaban J connectivity index is 0.000000142. The highest BCUT2D eigenvalue weighted by Crippen LogP contribution is 2.50. The highest BCUT2D eigenvalue weighted by Gasteiger charge is 2.46. The molecule has 0 bridgehead atoms. The van der Waals surface area contributed by atoms with E-state index in [0.29, 0.717) is 0 Å². The van der Waals surface area contributed by atoms with Crippen LogP contribution in [-0.2, 0) is 0 Å². The molecular weight excluding hydrogens is 1420 g/mol. The second-order valence-corrected chi connectivity index (χ2v) is 30.3. The summed E-state index contributed by atoms with van der Waals surface area (Å²) >= 11 is 0. The Hall–Kier alpha value is -15.3. The third-order valence-electron chi connectivity index (χ3n) is 23.7. The van der Waals surface area contributed by atoms with Gasteiger partial charge >= 0.3 is 0 Å². The molecule has 7 nitrogen and oxygen atoms in total. The minimum Gasteiger partial charge on any atom is -0.311 e. The molecule has 0 N–H and O–H groups in total. The van der Waals surface area contributed by atoms with Gasteiger partial charge in [-0.2, -0.15) is 0 Å². The van der Waals surface area contributed by atoms with Crippen LogP contribution < -0.4 is 62.2 Å². The maximum Gasteiger partial charge on any atom is 0.252 e. The molecule has 4 aliphatic heterocycles. The predicted molar refractivity (Wildman–Crippen MR) is 496 cm³/mol. The first-order chi connectivity index (χ1) is 58.1. The molecule has 117 heavy (non-hydrogen) atoms. The second-order valence-electron chi connectivity index (χ2n) is 30.3. The van der Waals surface area contributed by atoms with E-state index in [2.05, 4.69) is 489 Å². The van der Waals surface area contributed by atoms with Crippen molar-refractivity contribution in [1.82, 2.24) is 4.57 Å². The Kier molecular flexibility index (Phi) is 17.0. The van der Waals surface area contributed by atoms with Crippen LogP contribution in [0.1, 0.15) is 0 Å². The van der Waals surface area contributed by atoms with Crippen molar-refractivity contribution in [3.05, 3.63) is 455 Å². The Morgan fingerprint density at radius 3 is 0.923 bits per heavy atom. The molecule has 19 aromatic rings. The van der Waals surface area contributed by atoms with Crippen LogP contribution in [0.5, 0.6) is 0 Å². The van der Waals surface area contributed by atoms with Crippen molar-refractivity contribution in [2.75, 3.05) is 29.4 Å². The topological polar surface area (TPSA) is 24.4 Å². The van der Waals surface area contributed by atoms with E-state index < -0.39 is 0 Å². The van der Waals surface area contributed by atoms with Gasteiger partial charge in [0.15, 0.2) is 0 Å². The summed E-state index contributed by atoms with van der Waals surface area (Å²) in [6, 6.07) is 165. The number of rotatable bonds is 13. The maximum atomic E-state index is 2.50. The van der Waals surface area contributed by atoms with Crippen molar-refractivity contribution < 1.29 is 0 Å². The smallest absolute Gasteiger partial charge is 0.252 e. The maximum absolute atomic E-state index is 2.50. The molecule has 0 atom stereocenters. The average Bonchev–Trinajstić information content (AvgIpc) is 1.57. The highest BCUT2D eigenvalue weighted by molar-refractivity contribution is 7.01. The number of hydrogen-bond donors (Lipinski definition) is 0. The normalized spacial score (nSPS) is 12.5. The molecule has 9 heteroatoms. The minimum atomic E-state index is -0.0229. The van der Waals surface area contributed by atoms with E-state index in [9.17, 15) is 0 Å². The molecular formula is C108H75B2N7. The Bertz CT molecular complexity index is 6810. The van der Waals surface area contributed by atoms with Crippen LogP contribution in [-0.4, -0.2) is 18.0 Å². The van der Waals surface area contributed by atoms with Crippen LogP contribution in [0.3, 0.4) is 0 Å². The summed E-state index contributed by atoms with van der Waals surface area (Å²) in [5.41, 5.74) is 36.8. The fourth-order valence-electron chi connectivity index (χ4n) is 18.7. The summed E-state index contributed by atoms with van der Waals surface area (Å²) in [4.78, 5) is 14.7. The average molecular weight is 1490 g/mol. The minimum absolute atomic E-state index is 0.00406. The van der Waals surface area contributed by atoms with Gasteiger partial charge in [-0.1, -0.05) is 279 Å². The molecule has 0 saturated heterocycles. The number of para-hydroxylation sites is 9. The van der Waals surface area contributed by atoms with Crippen molar-refractivity contribution in [3.63, 3.8) is 0 Å². The molecule has 18 aromatic carbocycles. The standard InChI is InChI=1S/C54H37BN4.C54H38BN3/c1-6-19-38(20-7-1)56(39-21-8-2-9-22-39)43-33-34-46-52(35-43)58(41-25-12-4-13-26-41)49-31-18-32-50-54(49)55(46)47-36-45-44-29-16-17-30-48(44)57(40-23-10-3-11-24-40)51(45)37-53(47)59(50)42-27-14-5-15-28-42;1-6-17-39(18-7-1)41-29-32-46(33-30-41)57-50-36-31-42(40-19-8-2-9-20-40)37-49(50)55-48-35-34-47(56(43-21-10-3-11-22-43)44-23-12-4-13-24-44)38-53(48)58(45-25-14-5-15-26-45)52-28-16-27-51(57)54(52)55/h1-37H;1-38H. The molecule has 0 radical (unpaired) electrons. The summed E-state index contributed by atoms with van der Waals surface area (Å²) < 4.78 is 2.43. The van der Waals surface area contributed by atoms with Gasteiger partial charge in [-0.15, -0.1) is 0 Å². The van der Waals surface area contributed by atoms with Gasteiger partial charge in [0.1, 0.15) is 0 Å². The zero-order valence-corrected chi connectivity index (χ0v) is 64.1. The fourth-order valence-corrected chi connectivity index (χ4v) is 18.7. The predicted octanol–water partition coefficient (Wildman–Crippen LogP) is 24.9. The van der Waals surface area contributed by atoms with Crippen molar-refractivity contribution >= 4 is 170 Å². The third-order valence-corrected chi connectivity index (χ3v) is 23.7. The molecule has 0 aliphatic carbocycles. The quantitative estimate of drug-likeness (QED) is 0.107. The van der Waals surface area contributed by atoms with Crippen LogP contribution in [0, 0.1) is 0 Å². The zero-order valence-electron chi connectivity index (χ0n) is 64.1. The largest absolute Gasteiger partial charge is 0.311 e. The van der Waals surface area contributed by atoms with Crippen LogP contribution in [0.25, 0.3) is 49.7 Å². The monoisotopic (exact) mass is 1490 g/mol. The number of benzene rings is 18. The van der Waals surface area contributed by atoms with Crippen LogP contribution in [0.15, 0.2) is 455 Å². The van der Waals surface area contributed by atoms with Crippen molar-refractivity contribution in [2.45, 2.75) is 0 Å². The zero-order chi connectivity index (χ0) is 77.3. The van der Waals surface area contributed by atoms with E-state index in [0.717, 1.165) is 62.6 Å². The van der Waals surface area contributed by atoms with E-state index in [1.165, 1.54) is 122 Å². The van der Waals surface area contributed by atoms with Gasteiger partial charge in [-0.3, -0.25) is 0 Å². The number of nitrogens with zero attached hydrogens (tertiary/aromatic N) is 7. The molecule has 0 spiro atoms. The van der Waals surface area contributed by atoms with Crippen molar-refractivity contribution in [3.8, 4) is 27.9 Å². The van der Waals surface area contributed by atoms with E-state index in [1.807, 2.05) is 0 Å². The SMILES string of the molecule is c1ccc(-c2ccc(N3c4ccc(-c5ccccc5)cc4B4c5ccc(N(c6ccccc6)c6ccccc6)cc5N(c5ccccc5)c5cccc3c54)cc2)cc1.c1ccc(N(c2ccccc2)c2ccc3c(c2)N(c2ccccc2)c2cccc4c2B3c2cc3c5ccccc5n(-c5ccccc5)c3cc2N4c2ccccc2)cc1. The molecule has 4 aliphatic rings. The molecule has 1 aromatic heterocycles. The first kappa shape index (κ1) is 68.5. The summed E-state index contributed by atoms with van der Waals surface area (Å²) in [6.07, 6.45) is 0. The molecule has 5 heterocycles. The number of hydrogen-bond acceptors (Lipinski definition) is 6. The first-order valence-corrected chi connectivity index (χ1v) is 40.3. The molecule has 0 unspecified atom stereocenters. The van der Waals surface area contributed by atoms with Crippen LogP contribution in [0.2, 0.25) is 0 Å². The summed E-state index contributed by atoms with van der Waals surface area (Å²) in [7, 11) is 0. The molecule has 548 valence electrons. The van der Waals surface area contributed by atoms with Gasteiger partial charge in [0.2, 0.25) is 0 Å². The number of anilines is 18. The lowest BCUT2D eigenvalue weighted by Crippen LogP contribution is -2.61. The van der Waals surface area contributed by atoms with E-state index in [-0.39, 0.29) is 13.4 Å². The van der Waals surface area contributed by atoms with Gasteiger partial charge in [0.25, 0.3) is 13.4 Å². The van der Waals surface area contributed by atoms with Gasteiger partial charge in [-0.25, -0.2) is 0 Å². The number of aromatic nitrogens is 1. The van der Waals surface area contributed by atoms with Gasteiger partial charge in [0, 0.05) is 119 Å². The third kappa shape index (κ3) is 11.8. The van der Waals surface area contributed by atoms with Gasteiger partial charge < -0.3 is 34.0 Å². The first-order valence-electron chi connectivity index (χ1n) is 40.3. The molecule has 0 amide bonds. The number of fused-ring (bicyclic) bond motifs is 11. The lowest BCUT2D eigenvalue weighted by atomic mass is 9.33. The van der Waals surface area contributed by atoms with Crippen molar-refractivity contribution in [1.29, 1.82) is 0 Å². The lowest BCUT2D eigenvalue weighted by Gasteiger charge is -2.44.